The van der Waals surface area contributed by atoms with Crippen LogP contribution in [0.3, 0.4) is 0 Å². The van der Waals surface area contributed by atoms with Crippen LogP contribution >= 0.6 is 0 Å². The Morgan fingerprint density at radius 1 is 1.33 bits per heavy atom. The maximum Gasteiger partial charge on any atom is 0.318 e. The number of carbonyl (C=O) groups excluding carboxylic acids is 1. The Morgan fingerprint density at radius 3 is 2.54 bits per heavy atom. The van der Waals surface area contributed by atoms with Gasteiger partial charge in [-0.05, 0) is 30.0 Å². The number of rotatable bonds is 7. The number of carboxylic acid groups (broad SMARTS) is 1. The molecule has 8 heteroatoms. The molecular weight excluding hydrogens is 334 g/mol. The predicted octanol–water partition coefficient (Wildman–Crippen LogP) is 2.51. The number of fused-ring (bicyclic) bond motifs is 1. The third kappa shape index (κ3) is 3.49. The molecule has 0 aliphatic heterocycles. The van der Waals surface area contributed by atoms with E-state index in [0.717, 1.165) is 12.0 Å². The van der Waals surface area contributed by atoms with Crippen molar-refractivity contribution in [1.29, 1.82) is 0 Å². The lowest BCUT2D eigenvalue weighted by Crippen LogP contribution is -2.29. The van der Waals surface area contributed by atoms with Gasteiger partial charge in [0.25, 0.3) is 0 Å². The Hall–Kier alpha value is -2.19. The van der Waals surface area contributed by atoms with Crippen molar-refractivity contribution in [3.63, 3.8) is 0 Å². The second kappa shape index (κ2) is 6.74. The standard InChI is InChI=1S/C16H19NO6S/c1-4-9(2)11-5-6-14(24(21,22)17-8-15(19)20)12-7-13(10(3)18)23-16(11)12/h5-7,9,17H,4,8H2,1-3H3,(H,19,20). The minimum absolute atomic E-state index is 0.0652. The van der Waals surface area contributed by atoms with E-state index >= 15 is 0 Å². The van der Waals surface area contributed by atoms with Gasteiger partial charge in [-0.2, -0.15) is 4.72 Å². The topological polar surface area (TPSA) is 114 Å². The van der Waals surface area contributed by atoms with Crippen LogP contribution in [0.5, 0.6) is 0 Å². The number of carboxylic acids is 1. The maximum absolute atomic E-state index is 12.4. The van der Waals surface area contributed by atoms with E-state index in [-0.39, 0.29) is 27.7 Å². The second-order valence-corrected chi connectivity index (χ2v) is 7.33. The number of benzene rings is 1. The molecule has 0 saturated heterocycles. The molecule has 1 heterocycles. The van der Waals surface area contributed by atoms with Gasteiger partial charge in [0.05, 0.1) is 4.90 Å². The first-order valence-corrected chi connectivity index (χ1v) is 8.94. The summed E-state index contributed by atoms with van der Waals surface area (Å²) in [6.45, 7) is 4.57. The zero-order valence-corrected chi connectivity index (χ0v) is 14.4. The van der Waals surface area contributed by atoms with Crippen molar-refractivity contribution in [2.45, 2.75) is 38.0 Å². The molecule has 0 aliphatic carbocycles. The average molecular weight is 353 g/mol. The van der Waals surface area contributed by atoms with Gasteiger partial charge in [-0.1, -0.05) is 19.9 Å². The van der Waals surface area contributed by atoms with E-state index in [1.165, 1.54) is 19.1 Å². The van der Waals surface area contributed by atoms with E-state index in [1.807, 2.05) is 18.6 Å². The average Bonchev–Trinajstić information content (AvgIpc) is 2.96. The van der Waals surface area contributed by atoms with Crippen LogP contribution in [0.4, 0.5) is 0 Å². The van der Waals surface area contributed by atoms with Crippen LogP contribution in [0.25, 0.3) is 11.0 Å². The first-order chi connectivity index (χ1) is 11.2. The minimum atomic E-state index is -4.05. The summed E-state index contributed by atoms with van der Waals surface area (Å²) in [5, 5.41) is 8.95. The molecule has 7 nitrogen and oxygen atoms in total. The van der Waals surface area contributed by atoms with Gasteiger partial charge in [0.1, 0.15) is 12.1 Å². The smallest absolute Gasteiger partial charge is 0.318 e. The second-order valence-electron chi connectivity index (χ2n) is 5.59. The number of carbonyl (C=O) groups is 2. The number of sulfonamides is 1. The highest BCUT2D eigenvalue weighted by molar-refractivity contribution is 7.89. The molecule has 2 aromatic rings. The van der Waals surface area contributed by atoms with Gasteiger partial charge in [0.2, 0.25) is 10.0 Å². The molecule has 1 aromatic carbocycles. The van der Waals surface area contributed by atoms with Gasteiger partial charge in [-0.3, -0.25) is 9.59 Å². The molecule has 0 bridgehead atoms. The maximum atomic E-state index is 12.4. The third-order valence-electron chi connectivity index (χ3n) is 3.87. The van der Waals surface area contributed by atoms with Gasteiger partial charge in [-0.15, -0.1) is 0 Å². The van der Waals surface area contributed by atoms with E-state index in [4.69, 9.17) is 9.52 Å². The summed E-state index contributed by atoms with van der Waals surface area (Å²) in [6, 6.07) is 4.44. The molecule has 0 fully saturated rings. The SMILES string of the molecule is CCC(C)c1ccc(S(=O)(=O)NCC(=O)O)c2cc(C(C)=O)oc12. The Labute approximate surface area is 139 Å². The molecule has 0 radical (unpaired) electrons. The zero-order chi connectivity index (χ0) is 18.1. The van der Waals surface area contributed by atoms with Crippen LogP contribution in [-0.4, -0.2) is 31.8 Å². The number of ketones is 1. The molecular formula is C16H19NO6S. The van der Waals surface area contributed by atoms with Crippen LogP contribution in [0, 0.1) is 0 Å². The van der Waals surface area contributed by atoms with Crippen molar-refractivity contribution in [1.82, 2.24) is 4.72 Å². The molecule has 0 aliphatic rings. The first-order valence-electron chi connectivity index (χ1n) is 7.46. The number of furan rings is 1. The van der Waals surface area contributed by atoms with Crippen LogP contribution < -0.4 is 4.72 Å². The molecule has 0 spiro atoms. The van der Waals surface area contributed by atoms with E-state index in [1.54, 1.807) is 6.07 Å². The van der Waals surface area contributed by atoms with Crippen molar-refractivity contribution in [2.24, 2.45) is 0 Å². The van der Waals surface area contributed by atoms with Gasteiger partial charge >= 0.3 is 5.97 Å². The van der Waals surface area contributed by atoms with Crippen LogP contribution in [0.15, 0.2) is 27.5 Å². The highest BCUT2D eigenvalue weighted by atomic mass is 32.2. The van der Waals surface area contributed by atoms with Crippen LogP contribution in [0.1, 0.15) is 49.2 Å². The number of aliphatic carboxylic acids is 1. The molecule has 2 rings (SSSR count). The summed E-state index contributed by atoms with van der Waals surface area (Å²) in [4.78, 5) is 22.1. The van der Waals surface area contributed by atoms with Gasteiger partial charge in [-0.25, -0.2) is 8.42 Å². The molecule has 24 heavy (non-hydrogen) atoms. The quantitative estimate of drug-likeness (QED) is 0.739. The van der Waals surface area contributed by atoms with E-state index < -0.39 is 22.5 Å². The van der Waals surface area contributed by atoms with Crippen molar-refractivity contribution in [3.8, 4) is 0 Å². The van der Waals surface area contributed by atoms with E-state index in [2.05, 4.69) is 0 Å². The number of Topliss-reactive ketones (excluding diaryl/α,β-unsaturated/α-hetero) is 1. The first kappa shape index (κ1) is 18.2. The van der Waals surface area contributed by atoms with Crippen molar-refractivity contribution >= 4 is 32.7 Å². The summed E-state index contributed by atoms with van der Waals surface area (Å²) < 4.78 is 32.4. The molecule has 130 valence electrons. The zero-order valence-electron chi connectivity index (χ0n) is 13.6. The van der Waals surface area contributed by atoms with Crippen LogP contribution in [-0.2, 0) is 14.8 Å². The van der Waals surface area contributed by atoms with Crippen molar-refractivity contribution in [3.05, 3.63) is 29.5 Å². The minimum Gasteiger partial charge on any atom is -0.480 e. The summed E-state index contributed by atoms with van der Waals surface area (Å²) in [6.07, 6.45) is 0.814. The van der Waals surface area contributed by atoms with Gasteiger partial charge in [0, 0.05) is 12.3 Å². The lowest BCUT2D eigenvalue weighted by molar-refractivity contribution is -0.135. The molecule has 1 atom stereocenters. The molecule has 0 saturated carbocycles. The lowest BCUT2D eigenvalue weighted by Gasteiger charge is -2.12. The normalized spacial score (nSPS) is 13.1. The lowest BCUT2D eigenvalue weighted by atomic mass is 9.97. The number of nitrogens with one attached hydrogen (secondary N) is 1. The Balaban J connectivity index is 2.68. The highest BCUT2D eigenvalue weighted by Gasteiger charge is 2.24. The summed E-state index contributed by atoms with van der Waals surface area (Å²) in [7, 11) is -4.05. The summed E-state index contributed by atoms with van der Waals surface area (Å²) in [5.74, 6) is -1.43. The van der Waals surface area contributed by atoms with Crippen LogP contribution in [0.2, 0.25) is 0 Å². The Kier molecular flexibility index (Phi) is 5.10. The van der Waals surface area contributed by atoms with Gasteiger partial charge in [0.15, 0.2) is 11.5 Å². The van der Waals surface area contributed by atoms with Gasteiger partial charge < -0.3 is 9.52 Å². The molecule has 0 amide bonds. The fraction of sp³-hybridized carbons (Fsp3) is 0.375. The van der Waals surface area contributed by atoms with E-state index in [0.29, 0.717) is 5.58 Å². The largest absolute Gasteiger partial charge is 0.480 e. The summed E-state index contributed by atoms with van der Waals surface area (Å²) >= 11 is 0. The Bertz CT molecular complexity index is 897. The summed E-state index contributed by atoms with van der Waals surface area (Å²) in [5.41, 5.74) is 1.14. The number of hydrogen-bond donors (Lipinski definition) is 2. The monoisotopic (exact) mass is 353 g/mol. The third-order valence-corrected chi connectivity index (χ3v) is 5.33. The fourth-order valence-electron chi connectivity index (χ4n) is 2.37. The van der Waals surface area contributed by atoms with Crippen molar-refractivity contribution < 1.29 is 27.5 Å². The Morgan fingerprint density at radius 2 is 2.00 bits per heavy atom. The molecule has 2 N–H and O–H groups in total. The molecule has 1 unspecified atom stereocenters. The van der Waals surface area contributed by atoms with E-state index in [9.17, 15) is 18.0 Å². The number of hydrogen-bond acceptors (Lipinski definition) is 5. The molecule has 1 aromatic heterocycles. The predicted molar refractivity (Wildman–Crippen MR) is 87.7 cm³/mol. The van der Waals surface area contributed by atoms with Crippen molar-refractivity contribution in [2.75, 3.05) is 6.54 Å². The fourth-order valence-corrected chi connectivity index (χ4v) is 3.53. The highest BCUT2D eigenvalue weighted by Crippen LogP contribution is 2.34.